The van der Waals surface area contributed by atoms with Gasteiger partial charge in [0.25, 0.3) is 0 Å². The van der Waals surface area contributed by atoms with Gasteiger partial charge in [-0.15, -0.1) is 0 Å². The van der Waals surface area contributed by atoms with E-state index in [1.54, 1.807) is 6.20 Å². The number of carbonyl (C=O) groups is 1. The number of hydrogen-bond acceptors (Lipinski definition) is 6. The summed E-state index contributed by atoms with van der Waals surface area (Å²) in [5, 5.41) is 4.08. The first-order valence-electron chi connectivity index (χ1n) is 9.67. The second kappa shape index (κ2) is 7.16. The highest BCUT2D eigenvalue weighted by molar-refractivity contribution is 5.96. The number of fused-ring (bicyclic) bond motifs is 1. The van der Waals surface area contributed by atoms with Crippen LogP contribution < -0.4 is 4.90 Å². The van der Waals surface area contributed by atoms with Gasteiger partial charge in [0.05, 0.1) is 12.6 Å². The van der Waals surface area contributed by atoms with Crippen LogP contribution in [0.1, 0.15) is 30.3 Å². The number of aromatic nitrogens is 3. The number of pyridine rings is 1. The molecule has 0 aliphatic carbocycles. The lowest BCUT2D eigenvalue weighted by Gasteiger charge is -2.24. The zero-order valence-corrected chi connectivity index (χ0v) is 15.5. The molecule has 28 heavy (non-hydrogen) atoms. The average molecular weight is 375 g/mol. The van der Waals surface area contributed by atoms with Gasteiger partial charge in [-0.1, -0.05) is 29.4 Å². The van der Waals surface area contributed by atoms with Crippen molar-refractivity contribution < 1.29 is 9.32 Å². The van der Waals surface area contributed by atoms with Gasteiger partial charge in [-0.25, -0.2) is 0 Å². The van der Waals surface area contributed by atoms with Crippen molar-refractivity contribution in [2.75, 3.05) is 24.5 Å². The topological polar surface area (TPSA) is 75.4 Å². The van der Waals surface area contributed by atoms with Gasteiger partial charge in [-0.3, -0.25) is 14.7 Å². The van der Waals surface area contributed by atoms with Crippen molar-refractivity contribution in [1.29, 1.82) is 0 Å². The minimum Gasteiger partial charge on any atom is -0.337 e. The van der Waals surface area contributed by atoms with Gasteiger partial charge in [-0.05, 0) is 49.6 Å². The highest BCUT2D eigenvalue weighted by Crippen LogP contribution is 2.33. The molecule has 1 amide bonds. The molecule has 0 radical (unpaired) electrons. The molecule has 1 saturated heterocycles. The Labute approximate surface area is 163 Å². The van der Waals surface area contributed by atoms with Crippen LogP contribution in [0, 0.1) is 0 Å². The lowest BCUT2D eigenvalue weighted by Crippen LogP contribution is -2.39. The molecule has 0 saturated carbocycles. The minimum atomic E-state index is -0.0215. The highest BCUT2D eigenvalue weighted by Gasteiger charge is 2.34. The smallest absolute Gasteiger partial charge is 0.244 e. The van der Waals surface area contributed by atoms with Crippen LogP contribution in [0.25, 0.3) is 11.5 Å². The number of anilines is 1. The first-order valence-corrected chi connectivity index (χ1v) is 9.67. The monoisotopic (exact) mass is 375 g/mol. The Morgan fingerprint density at radius 3 is 2.93 bits per heavy atom. The molecule has 4 heterocycles. The molecule has 1 fully saturated rings. The maximum Gasteiger partial charge on any atom is 0.244 e. The van der Waals surface area contributed by atoms with Crippen molar-refractivity contribution in [2.24, 2.45) is 0 Å². The molecule has 0 spiro atoms. The molecule has 0 unspecified atom stereocenters. The van der Waals surface area contributed by atoms with E-state index in [2.05, 4.69) is 26.1 Å². The van der Waals surface area contributed by atoms with Crippen molar-refractivity contribution in [3.8, 4) is 11.5 Å². The Morgan fingerprint density at radius 2 is 2.04 bits per heavy atom. The Balaban J connectivity index is 1.31. The van der Waals surface area contributed by atoms with Crippen LogP contribution in [0.5, 0.6) is 0 Å². The van der Waals surface area contributed by atoms with Gasteiger partial charge in [0.15, 0.2) is 0 Å². The molecule has 142 valence electrons. The molecule has 1 aromatic carbocycles. The van der Waals surface area contributed by atoms with Crippen molar-refractivity contribution in [2.45, 2.75) is 25.3 Å². The summed E-state index contributed by atoms with van der Waals surface area (Å²) in [6, 6.07) is 13.7. The van der Waals surface area contributed by atoms with Gasteiger partial charge in [0.1, 0.15) is 5.69 Å². The number of para-hydroxylation sites is 1. The first-order chi connectivity index (χ1) is 13.8. The fourth-order valence-corrected chi connectivity index (χ4v) is 4.12. The molecule has 2 aliphatic rings. The van der Waals surface area contributed by atoms with E-state index in [1.807, 2.05) is 41.3 Å². The molecule has 2 aliphatic heterocycles. The van der Waals surface area contributed by atoms with Gasteiger partial charge >= 0.3 is 0 Å². The van der Waals surface area contributed by atoms with Gasteiger partial charge in [0.2, 0.25) is 17.6 Å². The summed E-state index contributed by atoms with van der Waals surface area (Å²) in [5.41, 5.74) is 2.97. The summed E-state index contributed by atoms with van der Waals surface area (Å²) in [5.74, 6) is 1.18. The largest absolute Gasteiger partial charge is 0.337 e. The third-order valence-corrected chi connectivity index (χ3v) is 5.51. The second-order valence-electron chi connectivity index (χ2n) is 7.22. The van der Waals surface area contributed by atoms with Crippen LogP contribution in [-0.2, 0) is 11.2 Å². The van der Waals surface area contributed by atoms with E-state index >= 15 is 0 Å². The lowest BCUT2D eigenvalue weighted by atomic mass is 10.2. The summed E-state index contributed by atoms with van der Waals surface area (Å²) >= 11 is 0. The number of benzene rings is 1. The van der Waals surface area contributed by atoms with Crippen molar-refractivity contribution in [3.05, 3.63) is 60.1 Å². The molecular formula is C21H21N5O2. The maximum atomic E-state index is 13.0. The van der Waals surface area contributed by atoms with Crippen LogP contribution in [0.15, 0.2) is 53.2 Å². The van der Waals surface area contributed by atoms with Crippen molar-refractivity contribution in [3.63, 3.8) is 0 Å². The number of hydrogen-bond donors (Lipinski definition) is 0. The molecule has 2 aromatic heterocycles. The van der Waals surface area contributed by atoms with E-state index < -0.39 is 0 Å². The molecule has 0 N–H and O–H groups in total. The van der Waals surface area contributed by atoms with Crippen LogP contribution >= 0.6 is 0 Å². The van der Waals surface area contributed by atoms with Gasteiger partial charge in [-0.2, -0.15) is 4.98 Å². The number of nitrogens with zero attached hydrogens (tertiary/aromatic N) is 5. The summed E-state index contributed by atoms with van der Waals surface area (Å²) < 4.78 is 5.53. The predicted octanol–water partition coefficient (Wildman–Crippen LogP) is 2.86. The molecule has 7 heteroatoms. The van der Waals surface area contributed by atoms with Gasteiger partial charge in [0, 0.05) is 18.4 Å². The quantitative estimate of drug-likeness (QED) is 0.698. The van der Waals surface area contributed by atoms with E-state index in [-0.39, 0.29) is 11.9 Å². The van der Waals surface area contributed by atoms with Crippen molar-refractivity contribution >= 4 is 11.6 Å². The zero-order valence-electron chi connectivity index (χ0n) is 15.5. The summed E-state index contributed by atoms with van der Waals surface area (Å²) in [6.45, 7) is 1.97. The lowest BCUT2D eigenvalue weighted by molar-refractivity contribution is -0.120. The summed E-state index contributed by atoms with van der Waals surface area (Å²) in [6.07, 6.45) is 4.55. The number of carbonyl (C=O) groups excluding carboxylic acids is 1. The average Bonchev–Trinajstić information content (AvgIpc) is 3.47. The molecule has 3 aromatic rings. The minimum absolute atomic E-state index is 0.0215. The Hall–Kier alpha value is -3.06. The molecule has 7 nitrogen and oxygen atoms in total. The standard InChI is InChI=1S/C21H21N5O2/c27-19(26-13-10-15-6-1-2-8-17(15)26)14-25-12-5-9-18(25)21-23-20(24-28-21)16-7-3-4-11-22-16/h1-4,6-8,11,18H,5,9-10,12-14H2/t18-/m0/s1. The summed E-state index contributed by atoms with van der Waals surface area (Å²) in [4.78, 5) is 25.8. The summed E-state index contributed by atoms with van der Waals surface area (Å²) in [7, 11) is 0. The van der Waals surface area contributed by atoms with Crippen LogP contribution in [0.3, 0.4) is 0 Å². The van der Waals surface area contributed by atoms with Gasteiger partial charge < -0.3 is 9.42 Å². The molecule has 0 bridgehead atoms. The highest BCUT2D eigenvalue weighted by atomic mass is 16.5. The molecule has 1 atom stereocenters. The normalized spacial score (nSPS) is 19.1. The number of likely N-dealkylation sites (tertiary alicyclic amines) is 1. The first kappa shape index (κ1) is 17.1. The fraction of sp³-hybridized carbons (Fsp3) is 0.333. The Morgan fingerprint density at radius 1 is 1.14 bits per heavy atom. The Bertz CT molecular complexity index is 987. The van der Waals surface area contributed by atoms with E-state index in [0.717, 1.165) is 38.0 Å². The predicted molar refractivity (Wildman–Crippen MR) is 104 cm³/mol. The number of rotatable bonds is 4. The van der Waals surface area contributed by atoms with Crippen LogP contribution in [0.2, 0.25) is 0 Å². The van der Waals surface area contributed by atoms with E-state index in [1.165, 1.54) is 5.56 Å². The van der Waals surface area contributed by atoms with Crippen LogP contribution in [-0.4, -0.2) is 45.6 Å². The fourth-order valence-electron chi connectivity index (χ4n) is 4.12. The molecular weight excluding hydrogens is 354 g/mol. The van der Waals surface area contributed by atoms with Crippen LogP contribution in [0.4, 0.5) is 5.69 Å². The molecule has 5 rings (SSSR count). The van der Waals surface area contributed by atoms with E-state index in [0.29, 0.717) is 24.0 Å². The third kappa shape index (κ3) is 3.07. The van der Waals surface area contributed by atoms with E-state index in [4.69, 9.17) is 4.52 Å². The van der Waals surface area contributed by atoms with E-state index in [9.17, 15) is 4.79 Å². The third-order valence-electron chi connectivity index (χ3n) is 5.51. The zero-order chi connectivity index (χ0) is 18.9. The second-order valence-corrected chi connectivity index (χ2v) is 7.22. The van der Waals surface area contributed by atoms with Crippen molar-refractivity contribution in [1.82, 2.24) is 20.0 Å². The maximum absolute atomic E-state index is 13.0. The number of amides is 1. The SMILES string of the molecule is O=C(CN1CCC[C@H]1c1nc(-c2ccccn2)no1)N1CCc2ccccc21. The Kier molecular flexibility index (Phi) is 4.37.